The number of rotatable bonds is 5. The van der Waals surface area contributed by atoms with E-state index in [0.29, 0.717) is 23.0 Å². The van der Waals surface area contributed by atoms with Crippen LogP contribution in [-0.4, -0.2) is 20.1 Å². The van der Waals surface area contributed by atoms with Gasteiger partial charge < -0.3 is 14.4 Å². The summed E-state index contributed by atoms with van der Waals surface area (Å²) in [5.74, 6) is 1.40. The van der Waals surface area contributed by atoms with Gasteiger partial charge in [0, 0.05) is 5.69 Å². The van der Waals surface area contributed by atoms with E-state index in [0.717, 1.165) is 17.7 Å². The lowest BCUT2D eigenvalue weighted by molar-refractivity contribution is 0.0983. The van der Waals surface area contributed by atoms with Crippen LogP contribution in [0.2, 0.25) is 0 Å². The first-order valence-corrected chi connectivity index (χ1v) is 8.27. The fraction of sp³-hybridized carbons (Fsp3) is 0.350. The molecule has 3 rings (SSSR count). The van der Waals surface area contributed by atoms with E-state index in [1.807, 2.05) is 47.4 Å². The number of para-hydroxylation sites is 1. The van der Waals surface area contributed by atoms with E-state index >= 15 is 0 Å². The van der Waals surface area contributed by atoms with Crippen LogP contribution in [0.1, 0.15) is 42.2 Å². The maximum Gasteiger partial charge on any atom is 0.263 e. The molecule has 1 amide bonds. The second-order valence-electron chi connectivity index (χ2n) is 6.11. The van der Waals surface area contributed by atoms with Crippen LogP contribution in [-0.2, 0) is 0 Å². The first kappa shape index (κ1) is 16.4. The summed E-state index contributed by atoms with van der Waals surface area (Å²) in [6, 6.07) is 13.7. The van der Waals surface area contributed by atoms with E-state index in [4.69, 9.17) is 9.47 Å². The number of carbonyl (C=O) groups excluding carboxylic acids is 1. The SMILES string of the molecule is CCC(C)C1c2ccc(OC)c(OC)c2C(=O)N1c1ccccc1. The molecule has 0 N–H and O–H groups in total. The average Bonchev–Trinajstić information content (AvgIpc) is 2.93. The van der Waals surface area contributed by atoms with Gasteiger partial charge in [0.25, 0.3) is 5.91 Å². The van der Waals surface area contributed by atoms with E-state index < -0.39 is 0 Å². The zero-order chi connectivity index (χ0) is 17.3. The summed E-state index contributed by atoms with van der Waals surface area (Å²) in [5, 5.41) is 0. The quantitative estimate of drug-likeness (QED) is 0.815. The Morgan fingerprint density at radius 2 is 1.79 bits per heavy atom. The molecular weight excluding hydrogens is 302 g/mol. The van der Waals surface area contributed by atoms with Gasteiger partial charge in [-0.15, -0.1) is 0 Å². The molecule has 2 aromatic carbocycles. The molecule has 0 bridgehead atoms. The van der Waals surface area contributed by atoms with Crippen LogP contribution < -0.4 is 14.4 Å². The number of methoxy groups -OCH3 is 2. The number of carbonyl (C=O) groups is 1. The molecule has 2 unspecified atom stereocenters. The Morgan fingerprint density at radius 3 is 2.38 bits per heavy atom. The molecule has 4 heteroatoms. The molecular formula is C20H23NO3. The van der Waals surface area contributed by atoms with Crippen molar-refractivity contribution in [3.8, 4) is 11.5 Å². The summed E-state index contributed by atoms with van der Waals surface area (Å²) in [6.45, 7) is 4.33. The van der Waals surface area contributed by atoms with Crippen LogP contribution in [0.3, 0.4) is 0 Å². The number of anilines is 1. The van der Waals surface area contributed by atoms with Crippen LogP contribution >= 0.6 is 0 Å². The Kier molecular flexibility index (Phi) is 4.47. The molecule has 1 aliphatic heterocycles. The molecule has 126 valence electrons. The first-order chi connectivity index (χ1) is 11.6. The summed E-state index contributed by atoms with van der Waals surface area (Å²) in [5.41, 5.74) is 2.53. The molecule has 0 aliphatic carbocycles. The minimum atomic E-state index is -0.0303. The Morgan fingerprint density at radius 1 is 1.08 bits per heavy atom. The van der Waals surface area contributed by atoms with Gasteiger partial charge in [0.1, 0.15) is 0 Å². The van der Waals surface area contributed by atoms with E-state index in [1.54, 1.807) is 14.2 Å². The standard InChI is InChI=1S/C20H23NO3/c1-5-13(2)18-15-11-12-16(23-3)19(24-4)17(15)20(22)21(18)14-9-7-6-8-10-14/h6-13,18H,5H2,1-4H3. The number of fused-ring (bicyclic) bond motifs is 1. The van der Waals surface area contributed by atoms with Gasteiger partial charge in [-0.25, -0.2) is 0 Å². The smallest absolute Gasteiger partial charge is 0.263 e. The van der Waals surface area contributed by atoms with Gasteiger partial charge in [-0.3, -0.25) is 4.79 Å². The van der Waals surface area contributed by atoms with Crippen molar-refractivity contribution >= 4 is 11.6 Å². The highest BCUT2D eigenvalue weighted by atomic mass is 16.5. The number of hydrogen-bond acceptors (Lipinski definition) is 3. The number of nitrogens with zero attached hydrogens (tertiary/aromatic N) is 1. The van der Waals surface area contributed by atoms with Gasteiger partial charge in [0.05, 0.1) is 25.8 Å². The van der Waals surface area contributed by atoms with Crippen LogP contribution in [0, 0.1) is 5.92 Å². The summed E-state index contributed by atoms with van der Waals surface area (Å²) in [6.07, 6.45) is 0.981. The van der Waals surface area contributed by atoms with Crippen molar-refractivity contribution < 1.29 is 14.3 Å². The molecule has 1 heterocycles. The van der Waals surface area contributed by atoms with E-state index in [2.05, 4.69) is 13.8 Å². The molecule has 2 aromatic rings. The van der Waals surface area contributed by atoms with Gasteiger partial charge in [-0.1, -0.05) is 44.5 Å². The van der Waals surface area contributed by atoms with Crippen LogP contribution in [0.15, 0.2) is 42.5 Å². The first-order valence-electron chi connectivity index (χ1n) is 8.27. The average molecular weight is 325 g/mol. The predicted molar refractivity (Wildman–Crippen MR) is 95.0 cm³/mol. The zero-order valence-electron chi connectivity index (χ0n) is 14.6. The highest BCUT2D eigenvalue weighted by Gasteiger charge is 2.42. The third kappa shape index (κ3) is 2.42. The van der Waals surface area contributed by atoms with Crippen LogP contribution in [0.25, 0.3) is 0 Å². The molecule has 0 spiro atoms. The summed E-state index contributed by atoms with van der Waals surface area (Å²) < 4.78 is 10.9. The van der Waals surface area contributed by atoms with Crippen molar-refractivity contribution in [1.29, 1.82) is 0 Å². The topological polar surface area (TPSA) is 38.8 Å². The molecule has 0 aromatic heterocycles. The number of ether oxygens (including phenoxy) is 2. The van der Waals surface area contributed by atoms with Crippen LogP contribution in [0.4, 0.5) is 5.69 Å². The molecule has 0 radical (unpaired) electrons. The lowest BCUT2D eigenvalue weighted by atomic mass is 9.91. The molecule has 0 fully saturated rings. The highest BCUT2D eigenvalue weighted by molar-refractivity contribution is 6.13. The van der Waals surface area contributed by atoms with Gasteiger partial charge >= 0.3 is 0 Å². The van der Waals surface area contributed by atoms with Crippen molar-refractivity contribution in [3.05, 3.63) is 53.6 Å². The van der Waals surface area contributed by atoms with E-state index in [-0.39, 0.29) is 11.9 Å². The second-order valence-corrected chi connectivity index (χ2v) is 6.11. The Bertz CT molecular complexity index is 742. The fourth-order valence-corrected chi connectivity index (χ4v) is 3.45. The fourth-order valence-electron chi connectivity index (χ4n) is 3.45. The third-order valence-corrected chi connectivity index (χ3v) is 4.82. The number of benzene rings is 2. The number of hydrogen-bond donors (Lipinski definition) is 0. The normalized spacial score (nSPS) is 17.6. The Labute approximate surface area is 143 Å². The lowest BCUT2D eigenvalue weighted by Gasteiger charge is -2.29. The van der Waals surface area contributed by atoms with Crippen molar-refractivity contribution in [1.82, 2.24) is 0 Å². The molecule has 1 aliphatic rings. The van der Waals surface area contributed by atoms with Gasteiger partial charge in [-0.2, -0.15) is 0 Å². The lowest BCUT2D eigenvalue weighted by Crippen LogP contribution is -2.31. The second kappa shape index (κ2) is 6.56. The van der Waals surface area contributed by atoms with Crippen molar-refractivity contribution in [2.45, 2.75) is 26.3 Å². The summed E-state index contributed by atoms with van der Waals surface area (Å²) in [7, 11) is 3.17. The largest absolute Gasteiger partial charge is 0.493 e. The zero-order valence-corrected chi connectivity index (χ0v) is 14.6. The third-order valence-electron chi connectivity index (χ3n) is 4.82. The molecule has 24 heavy (non-hydrogen) atoms. The van der Waals surface area contributed by atoms with Crippen molar-refractivity contribution in [2.24, 2.45) is 5.92 Å². The van der Waals surface area contributed by atoms with E-state index in [1.165, 1.54) is 0 Å². The highest BCUT2D eigenvalue weighted by Crippen LogP contribution is 2.48. The van der Waals surface area contributed by atoms with E-state index in [9.17, 15) is 4.79 Å². The maximum absolute atomic E-state index is 13.3. The van der Waals surface area contributed by atoms with Gasteiger partial charge in [0.2, 0.25) is 0 Å². The maximum atomic E-state index is 13.3. The van der Waals surface area contributed by atoms with Crippen molar-refractivity contribution in [2.75, 3.05) is 19.1 Å². The molecule has 2 atom stereocenters. The Balaban J connectivity index is 2.21. The Hall–Kier alpha value is -2.49. The van der Waals surface area contributed by atoms with Crippen molar-refractivity contribution in [3.63, 3.8) is 0 Å². The van der Waals surface area contributed by atoms with Gasteiger partial charge in [-0.05, 0) is 29.7 Å². The van der Waals surface area contributed by atoms with Gasteiger partial charge in [0.15, 0.2) is 11.5 Å². The molecule has 4 nitrogen and oxygen atoms in total. The summed E-state index contributed by atoms with van der Waals surface area (Å²) in [4.78, 5) is 15.2. The summed E-state index contributed by atoms with van der Waals surface area (Å²) >= 11 is 0. The minimum Gasteiger partial charge on any atom is -0.493 e. The molecule has 0 saturated heterocycles. The monoisotopic (exact) mass is 325 g/mol. The minimum absolute atomic E-state index is 0.000272. The molecule has 0 saturated carbocycles. The number of amides is 1. The predicted octanol–water partition coefficient (Wildman–Crippen LogP) is 4.45. The van der Waals surface area contributed by atoms with Crippen LogP contribution in [0.5, 0.6) is 11.5 Å².